The number of benzene rings is 6. The Balaban J connectivity index is 0.000000291. The third-order valence-corrected chi connectivity index (χ3v) is 13.6. The summed E-state index contributed by atoms with van der Waals surface area (Å²) < 4.78 is 21.2. The number of likely N-dealkylation sites (N-methyl/N-ethyl adjacent to an activating group) is 3. The van der Waals surface area contributed by atoms with Gasteiger partial charge >= 0.3 is 5.76 Å². The molecule has 92 heavy (non-hydrogen) atoms. The normalized spacial score (nSPS) is 11.7. The summed E-state index contributed by atoms with van der Waals surface area (Å²) in [4.78, 5) is 88.5. The standard InChI is InChI=1S/C22H23ClN4O5.C21H25ClN4O4.C21H22ClN3O3.H3NO/c1-12(2)31-18-9-8-15(11-16(18)23)20(28)25-17(21(29)24-3)10-13-4-6-14(7-5-13)19-26-22(30)32-27-19;1-12(2)30-18-9-8-15(11-16(18)22)20(27)25-17(21(28)24-3)10-13-4-6-14(7-5-13)19(23)26-29;1-13(2)28-19-9-8-16(11-17(19)22)20(26)25-18(21(27)24-3)10-14-4-6-15(12-23)7-5-14;1-2/h4-9,11-12,17H,10H2,1-3H3,(H,24,29)(H,25,28)(H,26,27,30);4-9,11-12,17,29H,10H2,1-3H3,(H2,23,26)(H,24,28)(H,25,27);4-9,11,13,18H,10H2,1-3H3,(H,24,27)(H,25,26);2H,1H2/t2*17-;18-;/m000./s1. The Morgan fingerprint density at radius 1 is 0.554 bits per heavy atom. The summed E-state index contributed by atoms with van der Waals surface area (Å²) in [5.74, 6) is 2.32. The number of nitrogens with two attached hydrogens (primary N) is 2. The van der Waals surface area contributed by atoms with E-state index < -0.39 is 41.6 Å². The van der Waals surface area contributed by atoms with E-state index in [0.717, 1.165) is 16.7 Å². The number of carbonyl (C=O) groups is 6. The van der Waals surface area contributed by atoms with Gasteiger partial charge in [0.05, 0.1) is 45.0 Å². The summed E-state index contributed by atoms with van der Waals surface area (Å²) in [5.41, 5.74) is 10.6. The first kappa shape index (κ1) is 74.5. The summed E-state index contributed by atoms with van der Waals surface area (Å²) in [6.07, 6.45) is 0.653. The van der Waals surface area contributed by atoms with Gasteiger partial charge in [0.25, 0.3) is 17.7 Å². The second kappa shape index (κ2) is 37.3. The fraction of sp³-hybridized carbons (Fsp3) is 0.281. The van der Waals surface area contributed by atoms with Crippen LogP contribution in [0.15, 0.2) is 142 Å². The second-order valence-electron chi connectivity index (χ2n) is 20.6. The number of carbonyl (C=O) groups excluding carboxylic acids is 6. The van der Waals surface area contributed by atoms with E-state index in [1.807, 2.05) is 47.6 Å². The van der Waals surface area contributed by atoms with Crippen LogP contribution in [0.5, 0.6) is 17.2 Å². The summed E-state index contributed by atoms with van der Waals surface area (Å²) >= 11 is 18.6. The minimum absolute atomic E-state index is 0.0144. The Morgan fingerprint density at radius 3 is 1.14 bits per heavy atom. The van der Waals surface area contributed by atoms with Crippen molar-refractivity contribution < 1.29 is 57.9 Å². The number of amidine groups is 1. The first-order chi connectivity index (χ1) is 43.8. The number of ether oxygens (including phenoxy) is 3. The zero-order valence-electron chi connectivity index (χ0n) is 51.7. The first-order valence-corrected chi connectivity index (χ1v) is 29.4. The SMILES string of the molecule is CNC(=O)[C@H](Cc1ccc(-c2noc(=O)[nH]2)cc1)NC(=O)c1ccc(OC(C)C)c(Cl)c1.CNC(=O)[C@H](Cc1ccc(/C(N)=N/O)cc1)NC(=O)c1ccc(OC(C)C)c(Cl)c1.CNC(=O)[C@H](Cc1ccc(C#N)cc1)NC(=O)c1ccc(OC(C)C)c(Cl)c1.NO. The fourth-order valence-electron chi connectivity index (χ4n) is 8.29. The minimum Gasteiger partial charge on any atom is -0.489 e. The first-order valence-electron chi connectivity index (χ1n) is 28.3. The van der Waals surface area contributed by atoms with E-state index in [1.54, 1.807) is 109 Å². The van der Waals surface area contributed by atoms with Crippen molar-refractivity contribution >= 4 is 76.1 Å². The number of nitrogens with zero attached hydrogens (tertiary/aromatic N) is 3. The monoisotopic (exact) mass is 1320 g/mol. The molecule has 0 spiro atoms. The molecule has 0 fully saturated rings. The maximum atomic E-state index is 12.7. The summed E-state index contributed by atoms with van der Waals surface area (Å²) in [6, 6.07) is 34.5. The van der Waals surface area contributed by atoms with Crippen LogP contribution in [0.3, 0.4) is 0 Å². The molecule has 28 heteroatoms. The van der Waals surface area contributed by atoms with Crippen LogP contribution in [0, 0.1) is 11.3 Å². The molecule has 7 aromatic rings. The van der Waals surface area contributed by atoms with Crippen LogP contribution in [-0.2, 0) is 33.6 Å². The van der Waals surface area contributed by atoms with Gasteiger partial charge in [0.15, 0.2) is 11.7 Å². The molecule has 6 aromatic carbocycles. The second-order valence-corrected chi connectivity index (χ2v) is 21.8. The minimum atomic E-state index is -0.810. The van der Waals surface area contributed by atoms with Crippen molar-refractivity contribution in [1.29, 1.82) is 5.26 Å². The predicted octanol–water partition coefficient (Wildman–Crippen LogP) is 7.29. The van der Waals surface area contributed by atoms with Crippen LogP contribution in [-0.4, -0.2) is 119 Å². The number of nitriles is 1. The van der Waals surface area contributed by atoms with Gasteiger partial charge in [-0.3, -0.25) is 38.3 Å². The molecule has 0 aliphatic heterocycles. The fourth-order valence-corrected chi connectivity index (χ4v) is 8.97. The van der Waals surface area contributed by atoms with Crippen molar-refractivity contribution in [3.8, 4) is 34.7 Å². The molecule has 1 aromatic heterocycles. The number of H-pyrrole nitrogens is 1. The van der Waals surface area contributed by atoms with E-state index in [-0.39, 0.29) is 54.7 Å². The van der Waals surface area contributed by atoms with E-state index in [9.17, 15) is 33.6 Å². The number of oxime groups is 1. The maximum absolute atomic E-state index is 12.7. The van der Waals surface area contributed by atoms with E-state index in [0.29, 0.717) is 77.9 Å². The van der Waals surface area contributed by atoms with Crippen molar-refractivity contribution in [3.05, 3.63) is 198 Å². The van der Waals surface area contributed by atoms with Crippen molar-refractivity contribution in [2.24, 2.45) is 16.8 Å². The molecule has 0 aliphatic carbocycles. The van der Waals surface area contributed by atoms with Gasteiger partial charge < -0.3 is 62.3 Å². The average molecular weight is 1320 g/mol. The molecular formula is C64H73Cl3N12O13. The van der Waals surface area contributed by atoms with Gasteiger partial charge in [0, 0.05) is 68.2 Å². The lowest BCUT2D eigenvalue weighted by Gasteiger charge is -2.18. The van der Waals surface area contributed by atoms with Gasteiger partial charge in [-0.2, -0.15) is 5.26 Å². The third-order valence-electron chi connectivity index (χ3n) is 12.7. The highest BCUT2D eigenvalue weighted by Crippen LogP contribution is 2.29. The number of aromatic nitrogens is 2. The quantitative estimate of drug-likeness (QED) is 0.0130. The lowest BCUT2D eigenvalue weighted by Crippen LogP contribution is -2.47. The number of halogens is 3. The molecule has 6 amide bonds. The average Bonchev–Trinajstić information content (AvgIpc) is 1.09. The molecule has 1 heterocycles. The Hall–Kier alpha value is -9.97. The summed E-state index contributed by atoms with van der Waals surface area (Å²) in [7, 11) is 4.51. The molecule has 0 unspecified atom stereocenters. The van der Waals surface area contributed by atoms with Crippen molar-refractivity contribution in [2.75, 3.05) is 21.1 Å². The van der Waals surface area contributed by atoms with E-state index in [4.69, 9.17) is 70.4 Å². The van der Waals surface area contributed by atoms with Crippen LogP contribution in [0.25, 0.3) is 11.4 Å². The van der Waals surface area contributed by atoms with Gasteiger partial charge in [0.2, 0.25) is 17.7 Å². The van der Waals surface area contributed by atoms with Crippen LogP contribution < -0.4 is 63.5 Å². The van der Waals surface area contributed by atoms with Gasteiger partial charge in [-0.25, -0.2) is 10.7 Å². The van der Waals surface area contributed by atoms with Crippen LogP contribution in [0.1, 0.15) is 100 Å². The Morgan fingerprint density at radius 2 is 0.870 bits per heavy atom. The van der Waals surface area contributed by atoms with Gasteiger partial charge in [-0.05, 0) is 125 Å². The van der Waals surface area contributed by atoms with E-state index >= 15 is 0 Å². The van der Waals surface area contributed by atoms with Crippen molar-refractivity contribution in [1.82, 2.24) is 42.0 Å². The Labute approximate surface area is 546 Å². The molecule has 25 nitrogen and oxygen atoms in total. The van der Waals surface area contributed by atoms with Gasteiger partial charge in [-0.15, -0.1) is 0 Å². The van der Waals surface area contributed by atoms with Gasteiger partial charge in [0.1, 0.15) is 35.4 Å². The Kier molecular flexibility index (Phi) is 30.2. The number of nitrogens with one attached hydrogen (secondary N) is 7. The van der Waals surface area contributed by atoms with Crippen molar-refractivity contribution in [3.63, 3.8) is 0 Å². The zero-order chi connectivity index (χ0) is 68.2. The number of rotatable bonds is 23. The highest BCUT2D eigenvalue weighted by molar-refractivity contribution is 6.33. The molecule has 0 radical (unpaired) electrons. The Bertz CT molecular complexity index is 3740. The third kappa shape index (κ3) is 23.4. The summed E-state index contributed by atoms with van der Waals surface area (Å²) in [5, 5.41) is 47.5. The molecule has 488 valence electrons. The number of hydrogen-bond donors (Lipinski definition) is 11. The zero-order valence-corrected chi connectivity index (χ0v) is 54.0. The molecule has 0 bridgehead atoms. The van der Waals surface area contributed by atoms with Crippen LogP contribution in [0.4, 0.5) is 0 Å². The van der Waals surface area contributed by atoms with E-state index in [1.165, 1.54) is 39.3 Å². The molecule has 7 rings (SSSR count). The molecule has 0 aliphatic rings. The molecular weight excluding hydrogens is 1250 g/mol. The van der Waals surface area contributed by atoms with Crippen molar-refractivity contribution in [2.45, 2.75) is 97.2 Å². The van der Waals surface area contributed by atoms with Crippen LogP contribution in [0.2, 0.25) is 15.1 Å². The molecule has 3 atom stereocenters. The predicted molar refractivity (Wildman–Crippen MR) is 347 cm³/mol. The topological polar surface area (TPSA) is 390 Å². The van der Waals surface area contributed by atoms with Crippen LogP contribution >= 0.6 is 34.8 Å². The smallest absolute Gasteiger partial charge is 0.439 e. The highest BCUT2D eigenvalue weighted by atomic mass is 35.5. The number of aromatic amines is 1. The molecule has 0 saturated heterocycles. The largest absolute Gasteiger partial charge is 0.489 e. The van der Waals surface area contributed by atoms with Gasteiger partial charge in [-0.1, -0.05) is 106 Å². The molecule has 0 saturated carbocycles. The lowest BCUT2D eigenvalue weighted by atomic mass is 10.0. The lowest BCUT2D eigenvalue weighted by molar-refractivity contribution is -0.123. The number of hydrogen-bond acceptors (Lipinski definition) is 17. The molecule has 13 N–H and O–H groups in total. The highest BCUT2D eigenvalue weighted by Gasteiger charge is 2.25. The maximum Gasteiger partial charge on any atom is 0.439 e. The number of amides is 6. The van der Waals surface area contributed by atoms with E-state index in [2.05, 4.69) is 57.6 Å². The summed E-state index contributed by atoms with van der Waals surface area (Å²) in [6.45, 7) is 11.3.